The molecule has 1 N–H and O–H groups in total. The summed E-state index contributed by atoms with van der Waals surface area (Å²) < 4.78 is 10.9. The zero-order valence-electron chi connectivity index (χ0n) is 17.5. The molecule has 1 fully saturated rings. The molecule has 2 aliphatic rings. The van der Waals surface area contributed by atoms with Crippen LogP contribution in [0.1, 0.15) is 36.5 Å². The fraction of sp³-hybridized carbons (Fsp3) is 0.217. The van der Waals surface area contributed by atoms with Gasteiger partial charge in [0, 0.05) is 11.4 Å². The molecule has 2 atom stereocenters. The lowest BCUT2D eigenvalue weighted by molar-refractivity contribution is -0.140. The van der Waals surface area contributed by atoms with E-state index in [1.165, 1.54) is 24.5 Å². The van der Waals surface area contributed by atoms with Crippen LogP contribution in [0.25, 0.3) is 0 Å². The van der Waals surface area contributed by atoms with Gasteiger partial charge in [-0.05, 0) is 48.9 Å². The van der Waals surface area contributed by atoms with Crippen molar-refractivity contribution in [2.75, 3.05) is 6.54 Å². The minimum absolute atomic E-state index is 0.286. The summed E-state index contributed by atoms with van der Waals surface area (Å²) in [5, 5.41) is 8.98. The van der Waals surface area contributed by atoms with E-state index < -0.39 is 36.0 Å². The Morgan fingerprint density at radius 2 is 1.88 bits per heavy atom. The maximum absolute atomic E-state index is 13.3. The molecule has 0 bridgehead atoms. The first-order chi connectivity index (χ1) is 15.9. The van der Waals surface area contributed by atoms with Crippen molar-refractivity contribution in [3.63, 3.8) is 0 Å². The standard InChI is InChI=1S/C23H19ClN4O5/c1-23(19-5-3-11-33-19)21(30)27(22(31)25-23)13-20(29)28-17(18-4-2-10-32-18)12-16(26-28)14-6-8-15(24)9-7-14/h2-11,17H,12-13H2,1H3,(H,25,31)/t17-,23+/m1/s1. The Morgan fingerprint density at radius 1 is 1.15 bits per heavy atom. The number of urea groups is 1. The first-order valence-electron chi connectivity index (χ1n) is 10.2. The first kappa shape index (κ1) is 21.0. The molecule has 3 aromatic rings. The van der Waals surface area contributed by atoms with Crippen LogP contribution >= 0.6 is 11.6 Å². The number of imide groups is 1. The summed E-state index contributed by atoms with van der Waals surface area (Å²) in [6, 6.07) is 12.7. The van der Waals surface area contributed by atoms with Gasteiger partial charge in [-0.15, -0.1) is 0 Å². The minimum Gasteiger partial charge on any atom is -0.467 e. The Labute approximate surface area is 193 Å². The van der Waals surface area contributed by atoms with Crippen molar-refractivity contribution in [2.45, 2.75) is 24.9 Å². The average molecular weight is 467 g/mol. The van der Waals surface area contributed by atoms with E-state index in [0.29, 0.717) is 22.9 Å². The quantitative estimate of drug-likeness (QED) is 0.577. The van der Waals surface area contributed by atoms with Gasteiger partial charge in [-0.3, -0.25) is 14.5 Å². The fourth-order valence-corrected chi connectivity index (χ4v) is 4.16. The van der Waals surface area contributed by atoms with Crippen molar-refractivity contribution >= 4 is 35.2 Å². The monoisotopic (exact) mass is 466 g/mol. The fourth-order valence-electron chi connectivity index (χ4n) is 4.04. The molecule has 0 saturated carbocycles. The number of carbonyl (C=O) groups excluding carboxylic acids is 3. The Morgan fingerprint density at radius 3 is 2.55 bits per heavy atom. The van der Waals surface area contributed by atoms with Crippen molar-refractivity contribution in [2.24, 2.45) is 5.10 Å². The predicted molar refractivity (Wildman–Crippen MR) is 117 cm³/mol. The number of nitrogens with one attached hydrogen (secondary N) is 1. The van der Waals surface area contributed by atoms with Crippen LogP contribution in [0.5, 0.6) is 0 Å². The highest BCUT2D eigenvalue weighted by Crippen LogP contribution is 2.34. The zero-order valence-corrected chi connectivity index (χ0v) is 18.3. The van der Waals surface area contributed by atoms with Crippen LogP contribution in [-0.2, 0) is 15.1 Å². The summed E-state index contributed by atoms with van der Waals surface area (Å²) in [5.74, 6) is -0.263. The number of hydrogen-bond acceptors (Lipinski definition) is 6. The molecule has 1 saturated heterocycles. The lowest BCUT2D eigenvalue weighted by Gasteiger charge is -2.23. The van der Waals surface area contributed by atoms with E-state index in [4.69, 9.17) is 20.4 Å². The summed E-state index contributed by atoms with van der Waals surface area (Å²) in [6.45, 7) is 1.06. The predicted octanol–water partition coefficient (Wildman–Crippen LogP) is 3.67. The molecule has 10 heteroatoms. The van der Waals surface area contributed by atoms with Crippen LogP contribution in [0.2, 0.25) is 5.02 Å². The minimum atomic E-state index is -1.38. The van der Waals surface area contributed by atoms with Gasteiger partial charge in [0.15, 0.2) is 5.54 Å². The second kappa shape index (κ2) is 7.93. The number of hydrogen-bond donors (Lipinski definition) is 1. The summed E-state index contributed by atoms with van der Waals surface area (Å²) in [7, 11) is 0. The third-order valence-electron chi connectivity index (χ3n) is 5.80. The van der Waals surface area contributed by atoms with Crippen LogP contribution in [0, 0.1) is 0 Å². The average Bonchev–Trinajstić information content (AvgIpc) is 3.59. The van der Waals surface area contributed by atoms with Gasteiger partial charge in [0.05, 0.1) is 18.2 Å². The van der Waals surface area contributed by atoms with E-state index in [-0.39, 0.29) is 5.76 Å². The molecule has 33 heavy (non-hydrogen) atoms. The number of furan rings is 2. The van der Waals surface area contributed by atoms with Crippen LogP contribution < -0.4 is 5.32 Å². The second-order valence-corrected chi connectivity index (χ2v) is 8.39. The highest BCUT2D eigenvalue weighted by atomic mass is 35.5. The number of nitrogens with zero attached hydrogens (tertiary/aromatic N) is 3. The smallest absolute Gasteiger partial charge is 0.325 e. The van der Waals surface area contributed by atoms with Gasteiger partial charge in [-0.25, -0.2) is 9.80 Å². The summed E-state index contributed by atoms with van der Waals surface area (Å²) in [5.41, 5.74) is 0.0926. The Hall–Kier alpha value is -3.85. The van der Waals surface area contributed by atoms with Crippen molar-refractivity contribution in [1.82, 2.24) is 15.2 Å². The molecule has 4 heterocycles. The van der Waals surface area contributed by atoms with Crippen LogP contribution in [0.4, 0.5) is 4.79 Å². The molecule has 0 radical (unpaired) electrons. The molecular formula is C23H19ClN4O5. The van der Waals surface area contributed by atoms with Gasteiger partial charge in [-0.2, -0.15) is 5.10 Å². The molecule has 168 valence electrons. The van der Waals surface area contributed by atoms with E-state index in [2.05, 4.69) is 10.4 Å². The number of benzene rings is 1. The van der Waals surface area contributed by atoms with Gasteiger partial charge in [0.2, 0.25) is 0 Å². The maximum atomic E-state index is 13.3. The SMILES string of the molecule is C[C@@]1(c2ccco2)NC(=O)N(CC(=O)N2N=C(c3ccc(Cl)cc3)C[C@@H]2c2ccco2)C1=O. The molecule has 2 aromatic heterocycles. The van der Waals surface area contributed by atoms with Crippen LogP contribution in [-0.4, -0.2) is 40.0 Å². The molecular weight excluding hydrogens is 448 g/mol. The highest BCUT2D eigenvalue weighted by Gasteiger charge is 2.52. The number of halogens is 1. The largest absolute Gasteiger partial charge is 0.467 e. The Balaban J connectivity index is 1.41. The van der Waals surface area contributed by atoms with Crippen molar-refractivity contribution in [3.05, 3.63) is 83.2 Å². The van der Waals surface area contributed by atoms with E-state index >= 15 is 0 Å². The van der Waals surface area contributed by atoms with Gasteiger partial charge < -0.3 is 14.2 Å². The Kier molecular flexibility index (Phi) is 5.05. The third-order valence-corrected chi connectivity index (χ3v) is 6.05. The van der Waals surface area contributed by atoms with Gasteiger partial charge >= 0.3 is 6.03 Å². The highest BCUT2D eigenvalue weighted by molar-refractivity contribution is 6.30. The molecule has 1 aromatic carbocycles. The normalized spacial score (nSPS) is 22.6. The molecule has 0 unspecified atom stereocenters. The van der Waals surface area contributed by atoms with E-state index in [1.54, 1.807) is 36.4 Å². The topological polar surface area (TPSA) is 108 Å². The van der Waals surface area contributed by atoms with Gasteiger partial charge in [0.25, 0.3) is 11.8 Å². The molecule has 4 amide bonds. The van der Waals surface area contributed by atoms with E-state index in [0.717, 1.165) is 10.5 Å². The number of rotatable bonds is 5. The maximum Gasteiger partial charge on any atom is 0.325 e. The van der Waals surface area contributed by atoms with Crippen LogP contribution in [0.3, 0.4) is 0 Å². The summed E-state index contributed by atoms with van der Waals surface area (Å²) in [6.07, 6.45) is 3.34. The molecule has 0 aliphatic carbocycles. The molecule has 2 aliphatic heterocycles. The van der Waals surface area contributed by atoms with Gasteiger partial charge in [-0.1, -0.05) is 23.7 Å². The summed E-state index contributed by atoms with van der Waals surface area (Å²) >= 11 is 5.99. The van der Waals surface area contributed by atoms with Crippen molar-refractivity contribution in [3.8, 4) is 0 Å². The van der Waals surface area contributed by atoms with E-state index in [9.17, 15) is 14.4 Å². The number of carbonyl (C=O) groups is 3. The Bertz CT molecular complexity index is 1240. The van der Waals surface area contributed by atoms with Gasteiger partial charge in [0.1, 0.15) is 24.1 Å². The molecule has 0 spiro atoms. The lowest BCUT2D eigenvalue weighted by Crippen LogP contribution is -2.43. The van der Waals surface area contributed by atoms with E-state index in [1.807, 2.05) is 12.1 Å². The number of amides is 4. The van der Waals surface area contributed by atoms with Crippen LogP contribution in [0.15, 0.2) is 75.0 Å². The molecule has 5 rings (SSSR count). The second-order valence-electron chi connectivity index (χ2n) is 7.95. The lowest BCUT2D eigenvalue weighted by atomic mass is 9.99. The third kappa shape index (κ3) is 3.60. The zero-order chi connectivity index (χ0) is 23.2. The first-order valence-corrected chi connectivity index (χ1v) is 10.6. The van der Waals surface area contributed by atoms with Crippen molar-refractivity contribution in [1.29, 1.82) is 0 Å². The van der Waals surface area contributed by atoms with Crippen molar-refractivity contribution < 1.29 is 23.2 Å². The number of hydrazone groups is 1. The molecule has 9 nitrogen and oxygen atoms in total. The summed E-state index contributed by atoms with van der Waals surface area (Å²) in [4.78, 5) is 39.8.